The third kappa shape index (κ3) is 4.82. The first kappa shape index (κ1) is 22.7. The van der Waals surface area contributed by atoms with E-state index in [0.29, 0.717) is 37.6 Å². The molecule has 0 bridgehead atoms. The lowest BCUT2D eigenvalue weighted by molar-refractivity contribution is -0.135. The smallest absolute Gasteiger partial charge is 0.256 e. The summed E-state index contributed by atoms with van der Waals surface area (Å²) in [5, 5.41) is 0. The average Bonchev–Trinajstić information content (AvgIpc) is 3.43. The Morgan fingerprint density at radius 3 is 2.61 bits per heavy atom. The fourth-order valence-electron chi connectivity index (χ4n) is 4.71. The third-order valence-electron chi connectivity index (χ3n) is 6.50. The summed E-state index contributed by atoms with van der Waals surface area (Å²) in [6, 6.07) is 5.19. The summed E-state index contributed by atoms with van der Waals surface area (Å²) in [5.74, 6) is -0.0184. The number of amides is 1. The molecule has 8 heteroatoms. The molecule has 2 unspecified atom stereocenters. The van der Waals surface area contributed by atoms with Gasteiger partial charge in [0, 0.05) is 31.9 Å². The van der Waals surface area contributed by atoms with E-state index >= 15 is 0 Å². The molecule has 1 aromatic rings. The van der Waals surface area contributed by atoms with E-state index in [0.717, 1.165) is 50.0 Å². The zero-order valence-electron chi connectivity index (χ0n) is 18.6. The lowest BCUT2D eigenvalue weighted by Crippen LogP contribution is -2.43. The number of fused-ring (bicyclic) bond motifs is 1. The molecule has 31 heavy (non-hydrogen) atoms. The molecule has 0 N–H and O–H groups in total. The van der Waals surface area contributed by atoms with Gasteiger partial charge in [-0.1, -0.05) is 20.3 Å². The van der Waals surface area contributed by atoms with Crippen LogP contribution in [0.15, 0.2) is 23.1 Å². The number of nitrogens with zero attached hydrogens (tertiary/aromatic N) is 2. The highest BCUT2D eigenvalue weighted by Crippen LogP contribution is 2.33. The molecule has 0 spiro atoms. The number of hydrogen-bond acceptors (Lipinski definition) is 5. The molecule has 3 heterocycles. The summed E-state index contributed by atoms with van der Waals surface area (Å²) in [7, 11) is -3.48. The van der Waals surface area contributed by atoms with E-state index in [1.807, 2.05) is 13.8 Å². The average molecular weight is 451 g/mol. The first-order valence-electron chi connectivity index (χ1n) is 11.6. The largest absolute Gasteiger partial charge is 0.376 e. The highest BCUT2D eigenvalue weighted by Gasteiger charge is 2.35. The summed E-state index contributed by atoms with van der Waals surface area (Å²) in [6.07, 6.45) is 5.11. The van der Waals surface area contributed by atoms with E-state index in [-0.39, 0.29) is 17.9 Å². The summed E-state index contributed by atoms with van der Waals surface area (Å²) in [5.41, 5.74) is 1.71. The summed E-state index contributed by atoms with van der Waals surface area (Å²) < 4.78 is 39.3. The Labute approximate surface area is 185 Å². The Balaban J connectivity index is 1.49. The van der Waals surface area contributed by atoms with Gasteiger partial charge in [-0.25, -0.2) is 8.42 Å². The van der Waals surface area contributed by atoms with Gasteiger partial charge < -0.3 is 14.4 Å². The second-order valence-corrected chi connectivity index (χ2v) is 11.1. The Morgan fingerprint density at radius 1 is 1.16 bits per heavy atom. The minimum Gasteiger partial charge on any atom is -0.376 e. The second-order valence-electron chi connectivity index (χ2n) is 9.13. The van der Waals surface area contributed by atoms with Crippen molar-refractivity contribution in [1.29, 1.82) is 0 Å². The molecule has 0 aliphatic carbocycles. The quantitative estimate of drug-likeness (QED) is 0.638. The van der Waals surface area contributed by atoms with E-state index in [1.165, 1.54) is 0 Å². The van der Waals surface area contributed by atoms with Crippen molar-refractivity contribution in [2.75, 3.05) is 37.7 Å². The number of anilines is 1. The number of carbonyl (C=O) groups excluding carboxylic acids is 1. The van der Waals surface area contributed by atoms with Crippen molar-refractivity contribution in [3.8, 4) is 0 Å². The van der Waals surface area contributed by atoms with Gasteiger partial charge in [0.2, 0.25) is 10.0 Å². The molecule has 4 rings (SSSR count). The van der Waals surface area contributed by atoms with Crippen LogP contribution in [0.5, 0.6) is 0 Å². The van der Waals surface area contributed by atoms with Crippen LogP contribution >= 0.6 is 0 Å². The minimum atomic E-state index is -3.48. The van der Waals surface area contributed by atoms with E-state index < -0.39 is 16.1 Å². The van der Waals surface area contributed by atoms with Crippen LogP contribution < -0.4 is 4.90 Å². The predicted octanol–water partition coefficient (Wildman–Crippen LogP) is 2.97. The zero-order valence-corrected chi connectivity index (χ0v) is 19.4. The van der Waals surface area contributed by atoms with Gasteiger partial charge in [-0.15, -0.1) is 0 Å². The standard InChI is InChI=1S/C23H34N2O5S/c1-17(2)22(30-16-19-7-6-14-29-19)23(26)25-13-10-18-15-20(8-9-21(18)25)31(27,28)24-11-4-3-5-12-24/h8-9,15,17,19,22H,3-7,10-14,16H2,1-2H3. The van der Waals surface area contributed by atoms with Crippen molar-refractivity contribution in [3.05, 3.63) is 23.8 Å². The molecule has 172 valence electrons. The molecule has 3 aliphatic heterocycles. The van der Waals surface area contributed by atoms with Crippen molar-refractivity contribution in [3.63, 3.8) is 0 Å². The van der Waals surface area contributed by atoms with Crippen LogP contribution in [0.2, 0.25) is 0 Å². The van der Waals surface area contributed by atoms with Gasteiger partial charge in [-0.2, -0.15) is 4.31 Å². The molecule has 1 aromatic carbocycles. The Hall–Kier alpha value is -1.48. The Bertz CT molecular complexity index is 889. The molecular weight excluding hydrogens is 416 g/mol. The maximum absolute atomic E-state index is 13.3. The lowest BCUT2D eigenvalue weighted by atomic mass is 10.1. The van der Waals surface area contributed by atoms with Crippen molar-refractivity contribution < 1.29 is 22.7 Å². The van der Waals surface area contributed by atoms with Crippen LogP contribution in [0.1, 0.15) is 51.5 Å². The van der Waals surface area contributed by atoms with Crippen LogP contribution in [0.4, 0.5) is 5.69 Å². The molecule has 7 nitrogen and oxygen atoms in total. The van der Waals surface area contributed by atoms with E-state index in [4.69, 9.17) is 9.47 Å². The van der Waals surface area contributed by atoms with Gasteiger partial charge in [-0.3, -0.25) is 4.79 Å². The number of rotatable bonds is 7. The van der Waals surface area contributed by atoms with Crippen LogP contribution in [0.25, 0.3) is 0 Å². The van der Waals surface area contributed by atoms with Gasteiger partial charge in [0.1, 0.15) is 6.10 Å². The minimum absolute atomic E-state index is 0.0386. The van der Waals surface area contributed by atoms with Crippen molar-refractivity contribution >= 4 is 21.6 Å². The Kier molecular flexibility index (Phi) is 7.01. The van der Waals surface area contributed by atoms with Crippen LogP contribution in [0.3, 0.4) is 0 Å². The SMILES string of the molecule is CC(C)C(OCC1CCCO1)C(=O)N1CCc2cc(S(=O)(=O)N3CCCCC3)ccc21. The van der Waals surface area contributed by atoms with Crippen LogP contribution in [0, 0.1) is 5.92 Å². The van der Waals surface area contributed by atoms with Gasteiger partial charge in [0.25, 0.3) is 5.91 Å². The second kappa shape index (κ2) is 9.57. The monoisotopic (exact) mass is 450 g/mol. The number of piperidine rings is 1. The molecule has 0 aromatic heterocycles. The fraction of sp³-hybridized carbons (Fsp3) is 0.696. The predicted molar refractivity (Wildman–Crippen MR) is 119 cm³/mol. The van der Waals surface area contributed by atoms with Gasteiger partial charge in [-0.05, 0) is 61.8 Å². The summed E-state index contributed by atoms with van der Waals surface area (Å²) in [6.45, 7) is 6.89. The number of sulfonamides is 1. The first-order valence-corrected chi connectivity index (χ1v) is 13.0. The van der Waals surface area contributed by atoms with Gasteiger partial charge in [0.15, 0.2) is 0 Å². The summed E-state index contributed by atoms with van der Waals surface area (Å²) in [4.78, 5) is 15.4. The zero-order chi connectivity index (χ0) is 22.0. The fourth-order valence-corrected chi connectivity index (χ4v) is 6.28. The lowest BCUT2D eigenvalue weighted by Gasteiger charge is -2.28. The maximum atomic E-state index is 13.3. The Morgan fingerprint density at radius 2 is 1.94 bits per heavy atom. The highest BCUT2D eigenvalue weighted by atomic mass is 32.2. The number of benzene rings is 1. The molecule has 2 atom stereocenters. The molecule has 0 saturated carbocycles. The van der Waals surface area contributed by atoms with Crippen molar-refractivity contribution in [1.82, 2.24) is 4.31 Å². The first-order chi connectivity index (χ1) is 14.9. The van der Waals surface area contributed by atoms with Crippen molar-refractivity contribution in [2.45, 2.75) is 69.5 Å². The molecule has 2 saturated heterocycles. The van der Waals surface area contributed by atoms with Gasteiger partial charge in [0.05, 0.1) is 17.6 Å². The van der Waals surface area contributed by atoms with Crippen LogP contribution in [-0.2, 0) is 30.7 Å². The number of ether oxygens (including phenoxy) is 2. The van der Waals surface area contributed by atoms with E-state index in [2.05, 4.69) is 0 Å². The highest BCUT2D eigenvalue weighted by molar-refractivity contribution is 7.89. The summed E-state index contributed by atoms with van der Waals surface area (Å²) >= 11 is 0. The molecule has 0 radical (unpaired) electrons. The van der Waals surface area contributed by atoms with Crippen molar-refractivity contribution in [2.24, 2.45) is 5.92 Å². The number of carbonyl (C=O) groups is 1. The molecular formula is C23H34N2O5S. The van der Waals surface area contributed by atoms with E-state index in [1.54, 1.807) is 27.4 Å². The van der Waals surface area contributed by atoms with Crippen LogP contribution in [-0.4, -0.2) is 63.7 Å². The maximum Gasteiger partial charge on any atom is 0.256 e. The third-order valence-corrected chi connectivity index (χ3v) is 8.39. The number of hydrogen-bond donors (Lipinski definition) is 0. The molecule has 2 fully saturated rings. The molecule has 1 amide bonds. The molecule has 3 aliphatic rings. The topological polar surface area (TPSA) is 76.1 Å². The van der Waals surface area contributed by atoms with Gasteiger partial charge >= 0.3 is 0 Å². The van der Waals surface area contributed by atoms with E-state index in [9.17, 15) is 13.2 Å². The normalized spacial score (nSPS) is 23.3.